The van der Waals surface area contributed by atoms with E-state index in [-0.39, 0.29) is 12.0 Å². The lowest BCUT2D eigenvalue weighted by Gasteiger charge is -2.24. The zero-order valence-electron chi connectivity index (χ0n) is 13.7. The number of thiazole rings is 1. The monoisotopic (exact) mass is 357 g/mol. The van der Waals surface area contributed by atoms with E-state index in [4.69, 9.17) is 4.74 Å². The van der Waals surface area contributed by atoms with Gasteiger partial charge in [0.15, 0.2) is 0 Å². The van der Waals surface area contributed by atoms with Crippen LogP contribution < -0.4 is 5.32 Å². The van der Waals surface area contributed by atoms with Crippen molar-refractivity contribution in [1.29, 1.82) is 0 Å². The number of carbonyl (C=O) groups excluding carboxylic acids is 2. The van der Waals surface area contributed by atoms with Gasteiger partial charge in [-0.25, -0.2) is 9.78 Å². The maximum atomic E-state index is 12.8. The van der Waals surface area contributed by atoms with E-state index >= 15 is 0 Å². The van der Waals surface area contributed by atoms with Crippen LogP contribution in [0, 0.1) is 0 Å². The Morgan fingerprint density at radius 1 is 1.24 bits per heavy atom. The molecule has 0 aliphatic carbocycles. The van der Waals surface area contributed by atoms with Gasteiger partial charge in [-0.2, -0.15) is 0 Å². The van der Waals surface area contributed by atoms with Crippen molar-refractivity contribution in [3.63, 3.8) is 0 Å². The highest BCUT2D eigenvalue weighted by atomic mass is 32.1. The standard InChI is InChI=1S/C18H19N3O3S/c22-16(14-11-25-15(20-14)13-5-2-1-3-6-13)21-9-4-7-18(8-10-21)12-19-17(23)24-18/h1-3,5-6,11H,4,7-10,12H2,(H,19,23). The van der Waals surface area contributed by atoms with Crippen molar-refractivity contribution >= 4 is 23.3 Å². The van der Waals surface area contributed by atoms with Gasteiger partial charge in [0.25, 0.3) is 5.91 Å². The fourth-order valence-corrected chi connectivity index (χ4v) is 4.20. The van der Waals surface area contributed by atoms with Gasteiger partial charge in [-0.15, -0.1) is 11.3 Å². The largest absolute Gasteiger partial charge is 0.441 e. The van der Waals surface area contributed by atoms with Crippen LogP contribution in [-0.4, -0.2) is 47.1 Å². The quantitative estimate of drug-likeness (QED) is 0.897. The van der Waals surface area contributed by atoms with Crippen molar-refractivity contribution < 1.29 is 14.3 Å². The molecule has 1 atom stereocenters. The summed E-state index contributed by atoms with van der Waals surface area (Å²) in [5.74, 6) is -0.0484. The first-order valence-corrected chi connectivity index (χ1v) is 9.30. The number of ether oxygens (including phenoxy) is 1. The fraction of sp³-hybridized carbons (Fsp3) is 0.389. The molecule has 1 unspecified atom stereocenters. The number of carbonyl (C=O) groups is 2. The molecule has 2 fully saturated rings. The lowest BCUT2D eigenvalue weighted by Crippen LogP contribution is -2.36. The van der Waals surface area contributed by atoms with Gasteiger partial charge in [0.2, 0.25) is 0 Å². The maximum Gasteiger partial charge on any atom is 0.407 e. The normalized spacial score (nSPS) is 23.2. The smallest absolute Gasteiger partial charge is 0.407 e. The second kappa shape index (κ2) is 6.48. The summed E-state index contributed by atoms with van der Waals surface area (Å²) in [5.41, 5.74) is 1.05. The molecule has 4 rings (SSSR count). The Balaban J connectivity index is 1.46. The third-order valence-corrected chi connectivity index (χ3v) is 5.68. The molecule has 2 aromatic rings. The summed E-state index contributed by atoms with van der Waals surface area (Å²) in [6, 6.07) is 9.86. The highest BCUT2D eigenvalue weighted by molar-refractivity contribution is 7.13. The molecule has 1 N–H and O–H groups in total. The van der Waals surface area contributed by atoms with Crippen LogP contribution >= 0.6 is 11.3 Å². The van der Waals surface area contributed by atoms with Crippen molar-refractivity contribution in [3.8, 4) is 10.6 Å². The first-order valence-electron chi connectivity index (χ1n) is 8.42. The number of nitrogens with zero attached hydrogens (tertiary/aromatic N) is 2. The Kier molecular flexibility index (Phi) is 4.17. The molecule has 0 radical (unpaired) electrons. The second-order valence-electron chi connectivity index (χ2n) is 6.48. The van der Waals surface area contributed by atoms with E-state index in [0.29, 0.717) is 31.7 Å². The molecule has 2 aliphatic rings. The van der Waals surface area contributed by atoms with Gasteiger partial charge in [0.1, 0.15) is 16.3 Å². The van der Waals surface area contributed by atoms with Crippen molar-refractivity contribution in [2.24, 2.45) is 0 Å². The number of amides is 2. The summed E-state index contributed by atoms with van der Waals surface area (Å²) in [4.78, 5) is 30.5. The predicted molar refractivity (Wildman–Crippen MR) is 94.5 cm³/mol. The number of likely N-dealkylation sites (tertiary alicyclic amines) is 1. The lowest BCUT2D eigenvalue weighted by molar-refractivity contribution is 0.0438. The van der Waals surface area contributed by atoms with Gasteiger partial charge in [-0.1, -0.05) is 30.3 Å². The average Bonchev–Trinajstić information content (AvgIpc) is 3.20. The Morgan fingerprint density at radius 3 is 2.84 bits per heavy atom. The van der Waals surface area contributed by atoms with Crippen LogP contribution in [0.1, 0.15) is 29.8 Å². The van der Waals surface area contributed by atoms with Crippen LogP contribution in [0.3, 0.4) is 0 Å². The van der Waals surface area contributed by atoms with E-state index in [2.05, 4.69) is 10.3 Å². The first-order chi connectivity index (χ1) is 12.2. The summed E-state index contributed by atoms with van der Waals surface area (Å²) in [7, 11) is 0. The molecular formula is C18H19N3O3S. The van der Waals surface area contributed by atoms with Gasteiger partial charge in [0.05, 0.1) is 6.54 Å². The van der Waals surface area contributed by atoms with Crippen LogP contribution in [0.25, 0.3) is 10.6 Å². The summed E-state index contributed by atoms with van der Waals surface area (Å²) in [5, 5.41) is 5.40. The molecule has 1 aromatic heterocycles. The number of benzene rings is 1. The Bertz CT molecular complexity index is 792. The van der Waals surface area contributed by atoms with E-state index in [1.165, 1.54) is 11.3 Å². The number of aromatic nitrogens is 1. The zero-order chi connectivity index (χ0) is 17.3. The fourth-order valence-electron chi connectivity index (χ4n) is 3.40. The molecule has 1 aromatic carbocycles. The minimum Gasteiger partial charge on any atom is -0.441 e. The second-order valence-corrected chi connectivity index (χ2v) is 7.33. The predicted octanol–water partition coefficient (Wildman–Crippen LogP) is 2.91. The molecular weight excluding hydrogens is 338 g/mol. The number of hydrogen-bond acceptors (Lipinski definition) is 5. The Labute approximate surface area is 149 Å². The van der Waals surface area contributed by atoms with Gasteiger partial charge in [-0.3, -0.25) is 4.79 Å². The minimum absolute atomic E-state index is 0.0484. The highest BCUT2D eigenvalue weighted by Gasteiger charge is 2.42. The lowest BCUT2D eigenvalue weighted by atomic mass is 9.95. The van der Waals surface area contributed by atoms with Crippen LogP contribution in [0.15, 0.2) is 35.7 Å². The summed E-state index contributed by atoms with van der Waals surface area (Å²) < 4.78 is 5.46. The molecule has 2 aliphatic heterocycles. The van der Waals surface area contributed by atoms with E-state index in [9.17, 15) is 9.59 Å². The third-order valence-electron chi connectivity index (χ3n) is 4.79. The summed E-state index contributed by atoms with van der Waals surface area (Å²) in [6.07, 6.45) is 1.90. The molecule has 2 saturated heterocycles. The molecule has 2 amide bonds. The van der Waals surface area contributed by atoms with E-state index in [1.54, 1.807) is 0 Å². The van der Waals surface area contributed by atoms with Crippen LogP contribution in [-0.2, 0) is 4.74 Å². The first kappa shape index (κ1) is 16.1. The summed E-state index contributed by atoms with van der Waals surface area (Å²) in [6.45, 7) is 1.77. The molecule has 6 nitrogen and oxygen atoms in total. The van der Waals surface area contributed by atoms with Crippen molar-refractivity contribution in [2.75, 3.05) is 19.6 Å². The van der Waals surface area contributed by atoms with Crippen molar-refractivity contribution in [2.45, 2.75) is 24.9 Å². The maximum absolute atomic E-state index is 12.8. The number of hydrogen-bond donors (Lipinski definition) is 1. The van der Waals surface area contributed by atoms with E-state index < -0.39 is 5.60 Å². The number of alkyl carbamates (subject to hydrolysis) is 1. The molecule has 1 spiro atoms. The van der Waals surface area contributed by atoms with Gasteiger partial charge < -0.3 is 15.0 Å². The molecule has 130 valence electrons. The average molecular weight is 357 g/mol. The van der Waals surface area contributed by atoms with Crippen molar-refractivity contribution in [1.82, 2.24) is 15.2 Å². The third kappa shape index (κ3) is 3.24. The SMILES string of the molecule is O=C1NCC2(CCCN(C(=O)c3csc(-c4ccccc4)n3)CC2)O1. The number of rotatable bonds is 2. The topological polar surface area (TPSA) is 71.5 Å². The molecule has 0 bridgehead atoms. The van der Waals surface area contributed by atoms with E-state index in [0.717, 1.165) is 23.4 Å². The highest BCUT2D eigenvalue weighted by Crippen LogP contribution is 2.30. The zero-order valence-corrected chi connectivity index (χ0v) is 14.6. The Hall–Kier alpha value is -2.41. The Morgan fingerprint density at radius 2 is 2.08 bits per heavy atom. The van der Waals surface area contributed by atoms with E-state index in [1.807, 2.05) is 40.6 Å². The van der Waals surface area contributed by atoms with Gasteiger partial charge in [0, 0.05) is 30.5 Å². The molecule has 7 heteroatoms. The summed E-state index contributed by atoms with van der Waals surface area (Å²) >= 11 is 1.48. The van der Waals surface area contributed by atoms with Crippen LogP contribution in [0.5, 0.6) is 0 Å². The van der Waals surface area contributed by atoms with Gasteiger partial charge in [-0.05, 0) is 12.8 Å². The minimum atomic E-state index is -0.455. The number of nitrogens with one attached hydrogen (secondary N) is 1. The van der Waals surface area contributed by atoms with Crippen LogP contribution in [0.4, 0.5) is 4.79 Å². The van der Waals surface area contributed by atoms with Gasteiger partial charge >= 0.3 is 6.09 Å². The van der Waals surface area contributed by atoms with Crippen molar-refractivity contribution in [3.05, 3.63) is 41.4 Å². The van der Waals surface area contributed by atoms with Crippen LogP contribution in [0.2, 0.25) is 0 Å². The molecule has 25 heavy (non-hydrogen) atoms. The molecule has 3 heterocycles. The molecule has 0 saturated carbocycles.